The van der Waals surface area contributed by atoms with Crippen LogP contribution in [-0.2, 0) is 7.05 Å². The number of aromatic nitrogens is 2. The van der Waals surface area contributed by atoms with E-state index in [2.05, 4.69) is 17.3 Å². The summed E-state index contributed by atoms with van der Waals surface area (Å²) in [4.78, 5) is 1.95. The molecule has 1 N–H and O–H groups in total. The van der Waals surface area contributed by atoms with Gasteiger partial charge in [-0.2, -0.15) is 5.10 Å². The van der Waals surface area contributed by atoms with Crippen LogP contribution >= 0.6 is 11.8 Å². The Balaban J connectivity index is 2.25. The predicted octanol–water partition coefficient (Wildman–Crippen LogP) is 3.77. The smallest absolute Gasteiger partial charge is 0.129 e. The first-order chi connectivity index (χ1) is 9.61. The lowest BCUT2D eigenvalue weighted by Crippen LogP contribution is -2.20. The summed E-state index contributed by atoms with van der Waals surface area (Å²) in [5.41, 5.74) is 0.731. The molecule has 3 nitrogen and oxygen atoms in total. The molecule has 0 radical (unpaired) electrons. The Kier molecular flexibility index (Phi) is 5.20. The lowest BCUT2D eigenvalue weighted by atomic mass is 10.1. The second kappa shape index (κ2) is 6.90. The first-order valence-electron chi connectivity index (χ1n) is 6.80. The van der Waals surface area contributed by atoms with Crippen molar-refractivity contribution in [2.45, 2.75) is 36.1 Å². The van der Waals surface area contributed by atoms with Gasteiger partial charge in [0.05, 0.1) is 11.1 Å². The predicted molar refractivity (Wildman–Crippen MR) is 80.4 cm³/mol. The fourth-order valence-electron chi connectivity index (χ4n) is 2.07. The Bertz CT molecular complexity index is 568. The average Bonchev–Trinajstić information content (AvgIpc) is 2.81. The topological polar surface area (TPSA) is 29.9 Å². The van der Waals surface area contributed by atoms with Gasteiger partial charge in [0.15, 0.2) is 0 Å². The Morgan fingerprint density at radius 1 is 1.45 bits per heavy atom. The number of aryl methyl sites for hydroxylation is 1. The van der Waals surface area contributed by atoms with Gasteiger partial charge in [0.2, 0.25) is 0 Å². The van der Waals surface area contributed by atoms with Gasteiger partial charge in [-0.1, -0.05) is 24.8 Å². The average molecular weight is 293 g/mol. The summed E-state index contributed by atoms with van der Waals surface area (Å²) < 4.78 is 15.9. The van der Waals surface area contributed by atoms with Crippen LogP contribution in [0.1, 0.15) is 31.9 Å². The van der Waals surface area contributed by atoms with Crippen molar-refractivity contribution in [3.05, 3.63) is 42.0 Å². The zero-order valence-corrected chi connectivity index (χ0v) is 12.9. The maximum Gasteiger partial charge on any atom is 0.129 e. The highest BCUT2D eigenvalue weighted by Crippen LogP contribution is 2.34. The van der Waals surface area contributed by atoms with E-state index in [0.29, 0.717) is 0 Å². The van der Waals surface area contributed by atoms with Gasteiger partial charge in [-0.3, -0.25) is 4.68 Å². The van der Waals surface area contributed by atoms with Gasteiger partial charge in [-0.25, -0.2) is 4.39 Å². The molecule has 1 atom stereocenters. The van der Waals surface area contributed by atoms with Gasteiger partial charge < -0.3 is 5.32 Å². The fourth-order valence-corrected chi connectivity index (χ4v) is 3.16. The summed E-state index contributed by atoms with van der Waals surface area (Å²) in [5, 5.41) is 7.49. The molecule has 1 unspecified atom stereocenters. The van der Waals surface area contributed by atoms with Gasteiger partial charge in [0.1, 0.15) is 5.82 Å². The van der Waals surface area contributed by atoms with Crippen LogP contribution in [0.4, 0.5) is 4.39 Å². The standard InChI is InChI=1S/C15H20FN3S/c1-4-8-17-11(2)15-13(16)6-5-7-14(15)20-12-9-18-19(3)10-12/h5-7,9-11,17H,4,8H2,1-3H3. The zero-order valence-electron chi connectivity index (χ0n) is 12.1. The maximum absolute atomic E-state index is 14.2. The van der Waals surface area contributed by atoms with E-state index in [1.807, 2.05) is 26.2 Å². The molecule has 108 valence electrons. The number of rotatable bonds is 6. The summed E-state index contributed by atoms with van der Waals surface area (Å²) in [6.45, 7) is 4.99. The molecule has 2 rings (SSSR count). The number of halogens is 1. The van der Waals surface area contributed by atoms with E-state index in [-0.39, 0.29) is 11.9 Å². The molecule has 0 aliphatic carbocycles. The third-order valence-corrected chi connectivity index (χ3v) is 4.08. The molecule has 0 saturated heterocycles. The SMILES string of the molecule is CCCNC(C)c1c(F)cccc1Sc1cnn(C)c1. The largest absolute Gasteiger partial charge is 0.310 e. The number of nitrogens with one attached hydrogen (secondary N) is 1. The second-order valence-electron chi connectivity index (χ2n) is 4.78. The monoisotopic (exact) mass is 293 g/mol. The molecular weight excluding hydrogens is 273 g/mol. The molecule has 0 bridgehead atoms. The third-order valence-electron chi connectivity index (χ3n) is 3.06. The van der Waals surface area contributed by atoms with Gasteiger partial charge >= 0.3 is 0 Å². The summed E-state index contributed by atoms with van der Waals surface area (Å²) >= 11 is 1.55. The van der Waals surface area contributed by atoms with E-state index in [4.69, 9.17) is 0 Å². The van der Waals surface area contributed by atoms with Crippen LogP contribution in [0.25, 0.3) is 0 Å². The van der Waals surface area contributed by atoms with Crippen molar-refractivity contribution in [1.29, 1.82) is 0 Å². The lowest BCUT2D eigenvalue weighted by molar-refractivity contribution is 0.519. The molecule has 0 saturated carbocycles. The van der Waals surface area contributed by atoms with Gasteiger partial charge in [0.25, 0.3) is 0 Å². The van der Waals surface area contributed by atoms with E-state index in [1.165, 1.54) is 6.07 Å². The molecule has 1 aromatic heterocycles. The number of nitrogens with zero attached hydrogens (tertiary/aromatic N) is 2. The summed E-state index contributed by atoms with van der Waals surface area (Å²) in [6, 6.07) is 5.23. The van der Waals surface area contributed by atoms with Crippen molar-refractivity contribution in [2.24, 2.45) is 7.05 Å². The van der Waals surface area contributed by atoms with Gasteiger partial charge in [-0.15, -0.1) is 0 Å². The van der Waals surface area contributed by atoms with Crippen molar-refractivity contribution in [2.75, 3.05) is 6.54 Å². The first kappa shape index (κ1) is 15.1. The lowest BCUT2D eigenvalue weighted by Gasteiger charge is -2.18. The molecule has 2 aromatic rings. The maximum atomic E-state index is 14.2. The normalized spacial score (nSPS) is 12.6. The Hall–Kier alpha value is -1.33. The highest BCUT2D eigenvalue weighted by Gasteiger charge is 2.16. The van der Waals surface area contributed by atoms with Crippen molar-refractivity contribution in [3.63, 3.8) is 0 Å². The Morgan fingerprint density at radius 3 is 2.90 bits per heavy atom. The minimum Gasteiger partial charge on any atom is -0.310 e. The van der Waals surface area contributed by atoms with Crippen LogP contribution in [0.15, 0.2) is 40.4 Å². The molecule has 1 aromatic carbocycles. The highest BCUT2D eigenvalue weighted by atomic mass is 32.2. The fraction of sp³-hybridized carbons (Fsp3) is 0.400. The third kappa shape index (κ3) is 3.61. The molecule has 1 heterocycles. The molecule has 0 aliphatic rings. The van der Waals surface area contributed by atoms with Crippen molar-refractivity contribution >= 4 is 11.8 Å². The van der Waals surface area contributed by atoms with E-state index in [0.717, 1.165) is 28.3 Å². The minimum atomic E-state index is -0.157. The van der Waals surface area contributed by atoms with Crippen LogP contribution < -0.4 is 5.32 Å². The highest BCUT2D eigenvalue weighted by molar-refractivity contribution is 7.99. The molecule has 0 fully saturated rings. The molecule has 0 aliphatic heterocycles. The van der Waals surface area contributed by atoms with Crippen LogP contribution in [-0.4, -0.2) is 16.3 Å². The van der Waals surface area contributed by atoms with Gasteiger partial charge in [-0.05, 0) is 32.0 Å². The van der Waals surface area contributed by atoms with E-state index >= 15 is 0 Å². The molecule has 0 spiro atoms. The van der Waals surface area contributed by atoms with Crippen molar-refractivity contribution in [3.8, 4) is 0 Å². The Labute approximate surface area is 123 Å². The zero-order chi connectivity index (χ0) is 14.5. The first-order valence-corrected chi connectivity index (χ1v) is 7.61. The van der Waals surface area contributed by atoms with Crippen LogP contribution in [0.2, 0.25) is 0 Å². The van der Waals surface area contributed by atoms with Crippen molar-refractivity contribution in [1.82, 2.24) is 15.1 Å². The van der Waals surface area contributed by atoms with Crippen LogP contribution in [0.3, 0.4) is 0 Å². The van der Waals surface area contributed by atoms with E-state index in [9.17, 15) is 4.39 Å². The quantitative estimate of drug-likeness (QED) is 0.879. The minimum absolute atomic E-state index is 0.00433. The number of benzene rings is 1. The summed E-state index contributed by atoms with van der Waals surface area (Å²) in [5.74, 6) is -0.157. The Morgan fingerprint density at radius 2 is 2.25 bits per heavy atom. The number of hydrogen-bond donors (Lipinski definition) is 1. The van der Waals surface area contributed by atoms with Gasteiger partial charge in [0, 0.05) is 29.7 Å². The number of hydrogen-bond acceptors (Lipinski definition) is 3. The van der Waals surface area contributed by atoms with E-state index < -0.39 is 0 Å². The van der Waals surface area contributed by atoms with Crippen LogP contribution in [0.5, 0.6) is 0 Å². The molecule has 0 amide bonds. The van der Waals surface area contributed by atoms with E-state index in [1.54, 1.807) is 28.7 Å². The summed E-state index contributed by atoms with van der Waals surface area (Å²) in [6.07, 6.45) is 4.76. The molecule has 20 heavy (non-hydrogen) atoms. The summed E-state index contributed by atoms with van der Waals surface area (Å²) in [7, 11) is 1.88. The second-order valence-corrected chi connectivity index (χ2v) is 5.89. The molecular formula is C15H20FN3S. The van der Waals surface area contributed by atoms with Crippen molar-refractivity contribution < 1.29 is 4.39 Å². The van der Waals surface area contributed by atoms with Crippen LogP contribution in [0, 0.1) is 5.82 Å². The molecule has 5 heteroatoms.